The second-order valence-corrected chi connectivity index (χ2v) is 3.79. The molecule has 0 aliphatic carbocycles. The van der Waals surface area contributed by atoms with Crippen molar-refractivity contribution in [3.05, 3.63) is 34.7 Å². The lowest BCUT2D eigenvalue weighted by Crippen LogP contribution is -2.01. The molecule has 0 amide bonds. The highest BCUT2D eigenvalue weighted by Gasteiger charge is 2.18. The molecule has 15 heavy (non-hydrogen) atoms. The van der Waals surface area contributed by atoms with Gasteiger partial charge in [-0.05, 0) is 12.1 Å². The molecule has 0 aliphatic rings. The van der Waals surface area contributed by atoms with E-state index in [2.05, 4.69) is 0 Å². The van der Waals surface area contributed by atoms with Crippen LogP contribution in [0.4, 0.5) is 4.39 Å². The summed E-state index contributed by atoms with van der Waals surface area (Å²) in [7, 11) is 1.70. The van der Waals surface area contributed by atoms with Crippen LogP contribution in [0.5, 0.6) is 0 Å². The molecule has 0 aliphatic heterocycles. The van der Waals surface area contributed by atoms with Crippen molar-refractivity contribution < 1.29 is 9.18 Å². The van der Waals surface area contributed by atoms with E-state index in [1.54, 1.807) is 23.7 Å². The number of rotatable bonds is 1. The van der Waals surface area contributed by atoms with Crippen molar-refractivity contribution in [2.45, 2.75) is 6.92 Å². The van der Waals surface area contributed by atoms with Crippen molar-refractivity contribution in [2.75, 3.05) is 0 Å². The molecule has 0 atom stereocenters. The maximum atomic E-state index is 13.5. The molecule has 2 rings (SSSR count). The minimum atomic E-state index is -0.402. The van der Waals surface area contributed by atoms with Gasteiger partial charge in [0.2, 0.25) is 0 Å². The molecule has 0 saturated carbocycles. The molecule has 4 heteroatoms. The van der Waals surface area contributed by atoms with Gasteiger partial charge in [-0.25, -0.2) is 4.39 Å². The highest BCUT2D eigenvalue weighted by atomic mass is 35.5. The normalized spacial score (nSPS) is 10.9. The van der Waals surface area contributed by atoms with Gasteiger partial charge >= 0.3 is 0 Å². The minimum absolute atomic E-state index is 0.168. The number of carbonyl (C=O) groups excluding carboxylic acids is 1. The van der Waals surface area contributed by atoms with Crippen molar-refractivity contribution in [1.82, 2.24) is 4.57 Å². The number of aromatic nitrogens is 1. The first-order chi connectivity index (χ1) is 7.04. The van der Waals surface area contributed by atoms with E-state index < -0.39 is 5.82 Å². The molecule has 0 unspecified atom stereocenters. The van der Waals surface area contributed by atoms with Crippen LogP contribution in [0, 0.1) is 5.82 Å². The Morgan fingerprint density at radius 1 is 1.47 bits per heavy atom. The third kappa shape index (κ3) is 1.35. The van der Waals surface area contributed by atoms with Gasteiger partial charge < -0.3 is 4.57 Å². The molecule has 0 bridgehead atoms. The first-order valence-corrected chi connectivity index (χ1v) is 4.85. The van der Waals surface area contributed by atoms with Crippen LogP contribution in [-0.2, 0) is 7.05 Å². The average molecular weight is 226 g/mol. The Morgan fingerprint density at radius 2 is 2.13 bits per heavy atom. The molecular formula is C11H9ClFNO. The fraction of sp³-hybridized carbons (Fsp3) is 0.182. The second kappa shape index (κ2) is 3.35. The van der Waals surface area contributed by atoms with Gasteiger partial charge in [0.25, 0.3) is 0 Å². The van der Waals surface area contributed by atoms with Crippen LogP contribution in [0.3, 0.4) is 0 Å². The molecule has 0 saturated heterocycles. The summed E-state index contributed by atoms with van der Waals surface area (Å²) in [5.41, 5.74) is 0.974. The van der Waals surface area contributed by atoms with Gasteiger partial charge in [-0.3, -0.25) is 4.79 Å². The van der Waals surface area contributed by atoms with Crippen molar-refractivity contribution in [2.24, 2.45) is 7.05 Å². The number of benzene rings is 1. The minimum Gasteiger partial charge on any atom is -0.340 e. The van der Waals surface area contributed by atoms with E-state index in [0.29, 0.717) is 16.6 Å². The zero-order valence-corrected chi connectivity index (χ0v) is 9.10. The fourth-order valence-electron chi connectivity index (χ4n) is 1.79. The second-order valence-electron chi connectivity index (χ2n) is 3.41. The smallest absolute Gasteiger partial charge is 0.177 e. The Labute approximate surface area is 91.3 Å². The third-order valence-electron chi connectivity index (χ3n) is 2.45. The molecule has 0 fully saturated rings. The molecule has 1 aromatic heterocycles. The number of hydrogen-bond donors (Lipinski definition) is 0. The van der Waals surface area contributed by atoms with Gasteiger partial charge in [-0.2, -0.15) is 0 Å². The molecule has 1 heterocycles. The Kier molecular flexibility index (Phi) is 2.27. The van der Waals surface area contributed by atoms with Crippen molar-refractivity contribution >= 4 is 28.3 Å². The first kappa shape index (κ1) is 10.2. The average Bonchev–Trinajstić information content (AvgIpc) is 2.40. The zero-order valence-electron chi connectivity index (χ0n) is 8.34. The van der Waals surface area contributed by atoms with Crippen LogP contribution in [0.15, 0.2) is 18.2 Å². The maximum absolute atomic E-state index is 13.5. The Bertz CT molecular complexity index is 559. The van der Waals surface area contributed by atoms with E-state index in [-0.39, 0.29) is 10.8 Å². The van der Waals surface area contributed by atoms with Gasteiger partial charge in [-0.1, -0.05) is 17.7 Å². The number of ketones is 1. The Morgan fingerprint density at radius 3 is 2.67 bits per heavy atom. The predicted octanol–water partition coefficient (Wildman–Crippen LogP) is 3.17. The third-order valence-corrected chi connectivity index (χ3v) is 2.82. The van der Waals surface area contributed by atoms with E-state index in [9.17, 15) is 9.18 Å². The highest BCUT2D eigenvalue weighted by molar-refractivity contribution is 6.38. The summed E-state index contributed by atoms with van der Waals surface area (Å²) in [6.07, 6.45) is 0. The number of hydrogen-bond acceptors (Lipinski definition) is 1. The summed E-state index contributed by atoms with van der Waals surface area (Å²) in [5, 5.41) is 0.505. The molecular weight excluding hydrogens is 217 g/mol. The van der Waals surface area contributed by atoms with Gasteiger partial charge in [0.1, 0.15) is 11.5 Å². The van der Waals surface area contributed by atoms with E-state index in [1.807, 2.05) is 0 Å². The lowest BCUT2D eigenvalue weighted by atomic mass is 10.2. The lowest BCUT2D eigenvalue weighted by Gasteiger charge is -1.99. The fourth-order valence-corrected chi connectivity index (χ4v) is 2.23. The quantitative estimate of drug-likeness (QED) is 0.684. The first-order valence-electron chi connectivity index (χ1n) is 4.47. The van der Waals surface area contributed by atoms with E-state index >= 15 is 0 Å². The van der Waals surface area contributed by atoms with Crippen LogP contribution in [-0.4, -0.2) is 10.4 Å². The van der Waals surface area contributed by atoms with Crippen molar-refractivity contribution in [3.63, 3.8) is 0 Å². The number of halogens is 2. The molecule has 78 valence electrons. The highest BCUT2D eigenvalue weighted by Crippen LogP contribution is 2.31. The summed E-state index contributed by atoms with van der Waals surface area (Å²) in [6, 6.07) is 4.66. The van der Waals surface area contributed by atoms with Gasteiger partial charge in [0.05, 0.1) is 15.9 Å². The summed E-state index contributed by atoms with van der Waals surface area (Å²) >= 11 is 5.98. The maximum Gasteiger partial charge on any atom is 0.177 e. The van der Waals surface area contributed by atoms with Crippen LogP contribution in [0.1, 0.15) is 17.4 Å². The SMILES string of the molecule is CC(=O)c1c(Cl)c2c(F)cccc2n1C. The lowest BCUT2D eigenvalue weighted by molar-refractivity contribution is 0.101. The summed E-state index contributed by atoms with van der Waals surface area (Å²) in [6.45, 7) is 1.41. The summed E-state index contributed by atoms with van der Waals surface area (Å²) in [5.74, 6) is -0.571. The van der Waals surface area contributed by atoms with Crippen LogP contribution < -0.4 is 0 Å². The van der Waals surface area contributed by atoms with E-state index in [4.69, 9.17) is 11.6 Å². The van der Waals surface area contributed by atoms with Gasteiger partial charge in [0, 0.05) is 14.0 Å². The van der Waals surface area contributed by atoms with Crippen LogP contribution in [0.25, 0.3) is 10.9 Å². The van der Waals surface area contributed by atoms with Gasteiger partial charge in [-0.15, -0.1) is 0 Å². The molecule has 0 radical (unpaired) electrons. The number of aryl methyl sites for hydroxylation is 1. The van der Waals surface area contributed by atoms with Crippen molar-refractivity contribution in [1.29, 1.82) is 0 Å². The molecule has 2 nitrogen and oxygen atoms in total. The largest absolute Gasteiger partial charge is 0.340 e. The Balaban J connectivity index is 2.98. The molecule has 0 spiro atoms. The molecule has 1 aromatic carbocycles. The number of Topliss-reactive ketones (excluding diaryl/α,β-unsaturated/α-hetero) is 1. The zero-order chi connectivity index (χ0) is 11.2. The molecule has 0 N–H and O–H groups in total. The van der Waals surface area contributed by atoms with E-state index in [0.717, 1.165) is 0 Å². The monoisotopic (exact) mass is 225 g/mol. The topological polar surface area (TPSA) is 22.0 Å². The standard InChI is InChI=1S/C11H9ClFNO/c1-6(15)11-10(12)9-7(13)4-3-5-8(9)14(11)2/h3-5H,1-2H3. The van der Waals surface area contributed by atoms with E-state index in [1.165, 1.54) is 13.0 Å². The van der Waals surface area contributed by atoms with Gasteiger partial charge in [0.15, 0.2) is 5.78 Å². The van der Waals surface area contributed by atoms with Crippen molar-refractivity contribution in [3.8, 4) is 0 Å². The van der Waals surface area contributed by atoms with Crippen LogP contribution in [0.2, 0.25) is 5.02 Å². The number of nitrogens with zero attached hydrogens (tertiary/aromatic N) is 1. The van der Waals surface area contributed by atoms with Crippen LogP contribution >= 0.6 is 11.6 Å². The Hall–Kier alpha value is -1.35. The summed E-state index contributed by atoms with van der Waals surface area (Å²) < 4.78 is 15.1. The predicted molar refractivity (Wildman–Crippen MR) is 57.9 cm³/mol. The summed E-state index contributed by atoms with van der Waals surface area (Å²) in [4.78, 5) is 11.3. The molecule has 2 aromatic rings. The number of carbonyl (C=O) groups is 1. The number of fused-ring (bicyclic) bond motifs is 1.